The van der Waals surface area contributed by atoms with Gasteiger partial charge in [-0.15, -0.1) is 0 Å². The smallest absolute Gasteiger partial charge is 0.306 e. The molecule has 5 heteroatoms. The van der Waals surface area contributed by atoms with Crippen LogP contribution in [0.15, 0.2) is 24.3 Å². The van der Waals surface area contributed by atoms with Crippen molar-refractivity contribution in [1.29, 1.82) is 0 Å². The molecule has 1 aromatic carbocycles. The normalized spacial score (nSPS) is 19.2. The van der Waals surface area contributed by atoms with E-state index in [2.05, 4.69) is 0 Å². The number of amides is 1. The molecular weight excluding hydrogens is 258 g/mol. The molecule has 1 saturated heterocycles. The summed E-state index contributed by atoms with van der Waals surface area (Å²) in [5.74, 6) is -0.422. The topological polar surface area (TPSA) is 66.8 Å². The van der Waals surface area contributed by atoms with Crippen molar-refractivity contribution in [2.24, 2.45) is 5.92 Å². The Morgan fingerprint density at radius 2 is 1.90 bits per heavy atom. The highest BCUT2D eigenvalue weighted by Crippen LogP contribution is 2.20. The van der Waals surface area contributed by atoms with Gasteiger partial charge in [-0.05, 0) is 43.5 Å². The summed E-state index contributed by atoms with van der Waals surface area (Å²) < 4.78 is 5.06. The molecule has 0 radical (unpaired) electrons. The second-order valence-corrected chi connectivity index (χ2v) is 4.99. The Hall–Kier alpha value is -2.04. The van der Waals surface area contributed by atoms with Crippen molar-refractivity contribution in [3.05, 3.63) is 29.8 Å². The van der Waals surface area contributed by atoms with Gasteiger partial charge in [0.05, 0.1) is 13.0 Å². The third-order valence-electron chi connectivity index (χ3n) is 3.70. The van der Waals surface area contributed by atoms with E-state index >= 15 is 0 Å². The Bertz CT molecular complexity index is 483. The molecule has 1 amide bonds. The summed E-state index contributed by atoms with van der Waals surface area (Å²) in [5.41, 5.74) is 0.611. The highest BCUT2D eigenvalue weighted by atomic mass is 16.5. The quantitative estimate of drug-likeness (QED) is 0.918. The average molecular weight is 277 g/mol. The summed E-state index contributed by atoms with van der Waals surface area (Å²) >= 11 is 0. The fourth-order valence-electron chi connectivity index (χ4n) is 2.46. The van der Waals surface area contributed by atoms with E-state index in [0.29, 0.717) is 37.2 Å². The first-order valence-corrected chi connectivity index (χ1v) is 6.78. The molecule has 1 fully saturated rings. The molecule has 5 nitrogen and oxygen atoms in total. The predicted molar refractivity (Wildman–Crippen MR) is 73.9 cm³/mol. The zero-order chi connectivity index (χ0) is 14.5. The monoisotopic (exact) mass is 277 g/mol. The fourth-order valence-corrected chi connectivity index (χ4v) is 2.46. The van der Waals surface area contributed by atoms with Crippen molar-refractivity contribution in [2.45, 2.75) is 19.3 Å². The lowest BCUT2D eigenvalue weighted by atomic mass is 10.0. The molecule has 20 heavy (non-hydrogen) atoms. The molecule has 108 valence electrons. The maximum absolute atomic E-state index is 12.4. The summed E-state index contributed by atoms with van der Waals surface area (Å²) in [6.45, 7) is 1.12. The van der Waals surface area contributed by atoms with E-state index in [-0.39, 0.29) is 11.8 Å². The number of carboxylic acid groups (broad SMARTS) is 1. The predicted octanol–water partition coefficient (Wildman–Crippen LogP) is 2.02. The number of rotatable bonds is 3. The molecule has 0 saturated carbocycles. The molecule has 0 spiro atoms. The fraction of sp³-hybridized carbons (Fsp3) is 0.467. The Kier molecular flexibility index (Phi) is 4.61. The van der Waals surface area contributed by atoms with Gasteiger partial charge in [-0.3, -0.25) is 9.59 Å². The van der Waals surface area contributed by atoms with Gasteiger partial charge < -0.3 is 14.7 Å². The van der Waals surface area contributed by atoms with Crippen LogP contribution < -0.4 is 4.74 Å². The van der Waals surface area contributed by atoms with Crippen molar-refractivity contribution in [3.8, 4) is 5.75 Å². The Labute approximate surface area is 118 Å². The number of hydrogen-bond donors (Lipinski definition) is 1. The molecule has 2 rings (SSSR count). The third kappa shape index (κ3) is 3.29. The van der Waals surface area contributed by atoms with Crippen molar-refractivity contribution < 1.29 is 19.4 Å². The number of aliphatic carboxylic acids is 1. The van der Waals surface area contributed by atoms with E-state index < -0.39 is 5.97 Å². The van der Waals surface area contributed by atoms with Gasteiger partial charge in [-0.25, -0.2) is 0 Å². The van der Waals surface area contributed by atoms with Crippen molar-refractivity contribution >= 4 is 11.9 Å². The zero-order valence-electron chi connectivity index (χ0n) is 11.5. The molecule has 1 aromatic rings. The number of nitrogens with zero attached hydrogens (tertiary/aromatic N) is 1. The Morgan fingerprint density at radius 3 is 2.50 bits per heavy atom. The molecule has 0 bridgehead atoms. The lowest BCUT2D eigenvalue weighted by Gasteiger charge is -2.20. The van der Waals surface area contributed by atoms with Crippen LogP contribution in [-0.2, 0) is 4.79 Å². The van der Waals surface area contributed by atoms with Crippen LogP contribution in [-0.4, -0.2) is 42.1 Å². The van der Waals surface area contributed by atoms with Gasteiger partial charge in [0.25, 0.3) is 5.91 Å². The molecule has 1 aliphatic heterocycles. The number of carbonyl (C=O) groups is 2. The van der Waals surface area contributed by atoms with E-state index in [1.165, 1.54) is 0 Å². The number of benzene rings is 1. The molecule has 0 aliphatic carbocycles. The first-order valence-electron chi connectivity index (χ1n) is 6.78. The maximum Gasteiger partial charge on any atom is 0.306 e. The number of likely N-dealkylation sites (tertiary alicyclic amines) is 1. The van der Waals surface area contributed by atoms with Gasteiger partial charge in [0.15, 0.2) is 0 Å². The van der Waals surface area contributed by atoms with Crippen LogP contribution >= 0.6 is 0 Å². The molecule has 1 N–H and O–H groups in total. The summed E-state index contributed by atoms with van der Waals surface area (Å²) in [6, 6.07) is 6.98. The molecule has 1 aliphatic rings. The largest absolute Gasteiger partial charge is 0.497 e. The van der Waals surface area contributed by atoms with Crippen molar-refractivity contribution in [2.75, 3.05) is 20.2 Å². The molecule has 1 heterocycles. The molecule has 1 unspecified atom stereocenters. The summed E-state index contributed by atoms with van der Waals surface area (Å²) in [5, 5.41) is 9.05. The molecule has 1 atom stereocenters. The zero-order valence-corrected chi connectivity index (χ0v) is 11.5. The van der Waals surface area contributed by atoms with Crippen LogP contribution in [0, 0.1) is 5.92 Å². The van der Waals surface area contributed by atoms with Gasteiger partial charge in [0.1, 0.15) is 5.75 Å². The number of ether oxygens (including phenoxy) is 1. The first kappa shape index (κ1) is 14.4. The van der Waals surface area contributed by atoms with Gasteiger partial charge in [0, 0.05) is 18.7 Å². The minimum Gasteiger partial charge on any atom is -0.497 e. The lowest BCUT2D eigenvalue weighted by molar-refractivity contribution is -0.142. The van der Waals surface area contributed by atoms with Crippen LogP contribution in [0.3, 0.4) is 0 Å². The second kappa shape index (κ2) is 6.41. The minimum absolute atomic E-state index is 0.0429. The highest BCUT2D eigenvalue weighted by molar-refractivity contribution is 5.94. The van der Waals surface area contributed by atoms with Gasteiger partial charge in [-0.1, -0.05) is 0 Å². The first-order chi connectivity index (χ1) is 9.61. The van der Waals surface area contributed by atoms with E-state index in [9.17, 15) is 9.59 Å². The summed E-state index contributed by atoms with van der Waals surface area (Å²) in [6.07, 6.45) is 1.90. The number of methoxy groups -OCH3 is 1. The highest BCUT2D eigenvalue weighted by Gasteiger charge is 2.25. The van der Waals surface area contributed by atoms with E-state index in [1.807, 2.05) is 0 Å². The van der Waals surface area contributed by atoms with Crippen LogP contribution in [0.4, 0.5) is 0 Å². The number of carboxylic acids is 1. The Balaban J connectivity index is 2.03. The average Bonchev–Trinajstić information content (AvgIpc) is 2.72. The second-order valence-electron chi connectivity index (χ2n) is 4.99. The van der Waals surface area contributed by atoms with Gasteiger partial charge >= 0.3 is 5.97 Å². The summed E-state index contributed by atoms with van der Waals surface area (Å²) in [4.78, 5) is 25.1. The van der Waals surface area contributed by atoms with Crippen molar-refractivity contribution in [3.63, 3.8) is 0 Å². The molecular formula is C15H19NO4. The van der Waals surface area contributed by atoms with Gasteiger partial charge in [-0.2, -0.15) is 0 Å². The summed E-state index contributed by atoms with van der Waals surface area (Å²) in [7, 11) is 1.58. The minimum atomic E-state index is -0.760. The molecule has 0 aromatic heterocycles. The Morgan fingerprint density at radius 1 is 1.20 bits per heavy atom. The van der Waals surface area contributed by atoms with Crippen LogP contribution in [0.2, 0.25) is 0 Å². The van der Waals surface area contributed by atoms with E-state index in [1.54, 1.807) is 36.3 Å². The van der Waals surface area contributed by atoms with Crippen molar-refractivity contribution in [1.82, 2.24) is 4.90 Å². The van der Waals surface area contributed by atoms with Gasteiger partial charge in [0.2, 0.25) is 0 Å². The SMILES string of the molecule is COc1ccc(C(=O)N2CCCC(C(=O)O)CC2)cc1. The lowest BCUT2D eigenvalue weighted by Crippen LogP contribution is -2.32. The standard InChI is InChI=1S/C15H19NO4/c1-20-13-6-4-11(5-7-13)14(17)16-9-2-3-12(8-10-16)15(18)19/h4-7,12H,2-3,8-10H2,1H3,(H,18,19). The third-order valence-corrected chi connectivity index (χ3v) is 3.70. The van der Waals surface area contributed by atoms with Crippen LogP contribution in [0.5, 0.6) is 5.75 Å². The van der Waals surface area contributed by atoms with Crippen LogP contribution in [0.25, 0.3) is 0 Å². The number of carbonyl (C=O) groups excluding carboxylic acids is 1. The van der Waals surface area contributed by atoms with E-state index in [0.717, 1.165) is 6.42 Å². The maximum atomic E-state index is 12.4. The number of hydrogen-bond acceptors (Lipinski definition) is 3. The van der Waals surface area contributed by atoms with Crippen LogP contribution in [0.1, 0.15) is 29.6 Å². The van der Waals surface area contributed by atoms with E-state index in [4.69, 9.17) is 9.84 Å².